The van der Waals surface area contributed by atoms with Crippen LogP contribution in [0.15, 0.2) is 78.1 Å². The Kier molecular flexibility index (Phi) is 13.2. The first kappa shape index (κ1) is 42.0. The monoisotopic (exact) mass is 829 g/mol. The van der Waals surface area contributed by atoms with E-state index < -0.39 is 17.4 Å². The molecule has 316 valence electrons. The molecule has 6 aromatic rings. The maximum atomic E-state index is 14.9. The van der Waals surface area contributed by atoms with Crippen molar-refractivity contribution in [2.45, 2.75) is 26.1 Å². The number of halogens is 3. The number of anilines is 2. The van der Waals surface area contributed by atoms with Crippen molar-refractivity contribution in [3.8, 4) is 22.7 Å². The molecule has 0 spiro atoms. The van der Waals surface area contributed by atoms with Gasteiger partial charge in [0, 0.05) is 99.7 Å². The van der Waals surface area contributed by atoms with E-state index in [2.05, 4.69) is 25.3 Å². The minimum Gasteiger partial charge on any atom is -0.481 e. The van der Waals surface area contributed by atoms with Gasteiger partial charge in [-0.15, -0.1) is 0 Å². The van der Waals surface area contributed by atoms with E-state index in [1.54, 1.807) is 48.9 Å². The first-order chi connectivity index (χ1) is 29.0. The number of benzene rings is 2. The lowest BCUT2D eigenvalue weighted by atomic mass is 10.0. The summed E-state index contributed by atoms with van der Waals surface area (Å²) in [6, 6.07) is 13.2. The van der Waals surface area contributed by atoms with Crippen molar-refractivity contribution in [1.82, 2.24) is 34.4 Å². The smallest absolute Gasteiger partial charge is 0.418 e. The number of hydrogen-bond donors (Lipinski definition) is 1. The van der Waals surface area contributed by atoms with Crippen molar-refractivity contribution in [1.29, 1.82) is 0 Å². The lowest BCUT2D eigenvalue weighted by Gasteiger charge is -2.37. The van der Waals surface area contributed by atoms with Gasteiger partial charge in [-0.3, -0.25) is 18.9 Å². The number of aromatic nitrogens is 6. The van der Waals surface area contributed by atoms with Gasteiger partial charge in [0.05, 0.1) is 74.1 Å². The summed E-state index contributed by atoms with van der Waals surface area (Å²) in [7, 11) is 3.10. The van der Waals surface area contributed by atoms with Crippen molar-refractivity contribution in [2.75, 3.05) is 82.7 Å². The molecule has 7 rings (SSSR count). The summed E-state index contributed by atoms with van der Waals surface area (Å²) in [5, 5.41) is 3.42. The molecule has 18 heteroatoms. The topological polar surface area (TPSA) is 151 Å². The van der Waals surface area contributed by atoms with Gasteiger partial charge < -0.3 is 34.1 Å². The average molecular weight is 830 g/mol. The third-order valence-corrected chi connectivity index (χ3v) is 10.2. The number of piperazine rings is 1. The molecule has 0 radical (unpaired) electrons. The van der Waals surface area contributed by atoms with E-state index in [0.29, 0.717) is 85.5 Å². The van der Waals surface area contributed by atoms with E-state index in [4.69, 9.17) is 18.9 Å². The van der Waals surface area contributed by atoms with E-state index in [0.717, 1.165) is 17.2 Å². The van der Waals surface area contributed by atoms with Crippen LogP contribution in [0.5, 0.6) is 5.88 Å². The van der Waals surface area contributed by atoms with Crippen molar-refractivity contribution < 1.29 is 36.9 Å². The number of fused-ring (bicyclic) bond motifs is 3. The molecular formula is C42H46F3N9O6. The van der Waals surface area contributed by atoms with Crippen molar-refractivity contribution in [3.05, 3.63) is 94.9 Å². The van der Waals surface area contributed by atoms with Gasteiger partial charge in [-0.05, 0) is 48.9 Å². The molecule has 15 nitrogen and oxygen atoms in total. The van der Waals surface area contributed by atoms with Crippen LogP contribution in [0, 0.1) is 0 Å². The highest BCUT2D eigenvalue weighted by molar-refractivity contribution is 6.04. The standard InChI is InChI=1S/C42H46F3N9O6/c1-4-58-17-18-60-20-19-59-16-11-37(55)47-23-28-24-49-40(50-25-28)53-14-12-52(13-15-53)35-9-7-31(22-33(35)42(43,44)45)54-39-32-21-29(30-6-10-38(57-3)48-26-30)5-8-34(32)46-27-36(39)51(2)41(54)56/h5-10,21-22,24-27H,4,11-20,23H2,1-3H3,(H,47,55). The van der Waals surface area contributed by atoms with Gasteiger partial charge >= 0.3 is 11.9 Å². The number of pyridine rings is 2. The summed E-state index contributed by atoms with van der Waals surface area (Å²) in [4.78, 5) is 47.4. The first-order valence-corrected chi connectivity index (χ1v) is 19.6. The number of ether oxygens (including phenoxy) is 4. The summed E-state index contributed by atoms with van der Waals surface area (Å²) < 4.78 is 68.6. The molecule has 5 heterocycles. The molecule has 0 saturated carbocycles. The number of amides is 1. The van der Waals surface area contributed by atoms with E-state index in [1.165, 1.54) is 22.3 Å². The molecule has 0 aliphatic carbocycles. The number of nitrogens with one attached hydrogen (secondary N) is 1. The van der Waals surface area contributed by atoms with Gasteiger partial charge in [-0.25, -0.2) is 19.7 Å². The SMILES string of the molecule is CCOCCOCCOCCC(=O)NCc1cnc(N2CCN(c3ccc(-n4c(=O)n(C)c5cnc6ccc(-c7ccc(OC)nc7)cc6c54)cc3C(F)(F)F)CC2)nc1. The lowest BCUT2D eigenvalue weighted by Crippen LogP contribution is -2.47. The summed E-state index contributed by atoms with van der Waals surface area (Å²) in [6.07, 6.45) is 1.95. The number of aryl methyl sites for hydroxylation is 1. The molecule has 0 bridgehead atoms. The molecule has 1 aliphatic heterocycles. The third-order valence-electron chi connectivity index (χ3n) is 10.2. The number of imidazole rings is 1. The van der Waals surface area contributed by atoms with Crippen LogP contribution in [0.25, 0.3) is 38.8 Å². The van der Waals surface area contributed by atoms with Crippen LogP contribution >= 0.6 is 0 Å². The molecule has 2 aromatic carbocycles. The summed E-state index contributed by atoms with van der Waals surface area (Å²) in [5.74, 6) is 0.721. The van der Waals surface area contributed by atoms with Gasteiger partial charge in [0.15, 0.2) is 0 Å². The van der Waals surface area contributed by atoms with Crippen LogP contribution in [-0.2, 0) is 38.8 Å². The van der Waals surface area contributed by atoms with Gasteiger partial charge in [-0.1, -0.05) is 6.07 Å². The summed E-state index contributed by atoms with van der Waals surface area (Å²) in [6.45, 7) is 6.21. The highest BCUT2D eigenvalue weighted by Gasteiger charge is 2.36. The first-order valence-electron chi connectivity index (χ1n) is 19.6. The van der Waals surface area contributed by atoms with Crippen LogP contribution < -0.4 is 25.5 Å². The Morgan fingerprint density at radius 3 is 2.18 bits per heavy atom. The van der Waals surface area contributed by atoms with Gasteiger partial charge in [0.2, 0.25) is 17.7 Å². The Morgan fingerprint density at radius 1 is 0.800 bits per heavy atom. The molecule has 4 aromatic heterocycles. The van der Waals surface area contributed by atoms with E-state index in [-0.39, 0.29) is 49.9 Å². The molecule has 1 fully saturated rings. The normalized spacial score (nSPS) is 13.4. The highest BCUT2D eigenvalue weighted by atomic mass is 19.4. The Hall–Kier alpha value is -6.11. The molecule has 0 atom stereocenters. The molecule has 1 saturated heterocycles. The van der Waals surface area contributed by atoms with Crippen LogP contribution in [0.3, 0.4) is 0 Å². The number of carbonyl (C=O) groups is 1. The number of hydrogen-bond acceptors (Lipinski definition) is 12. The van der Waals surface area contributed by atoms with Crippen LogP contribution in [0.1, 0.15) is 24.5 Å². The molecular weight excluding hydrogens is 784 g/mol. The van der Waals surface area contributed by atoms with E-state index in [1.807, 2.05) is 36.1 Å². The molecule has 60 heavy (non-hydrogen) atoms. The predicted octanol–water partition coefficient (Wildman–Crippen LogP) is 5.16. The minimum absolute atomic E-state index is 0.0169. The minimum atomic E-state index is -4.71. The molecule has 1 amide bonds. The number of rotatable bonds is 17. The van der Waals surface area contributed by atoms with Crippen LogP contribution in [-0.4, -0.2) is 108 Å². The fraction of sp³-hybridized carbons (Fsp3) is 0.381. The van der Waals surface area contributed by atoms with Crippen molar-refractivity contribution in [2.24, 2.45) is 7.05 Å². The number of methoxy groups -OCH3 is 1. The van der Waals surface area contributed by atoms with E-state index >= 15 is 0 Å². The van der Waals surface area contributed by atoms with Crippen molar-refractivity contribution >= 4 is 39.5 Å². The van der Waals surface area contributed by atoms with Gasteiger partial charge in [0.25, 0.3) is 0 Å². The Labute approximate surface area is 343 Å². The molecule has 1 N–H and O–H groups in total. The Bertz CT molecular complexity index is 2470. The summed E-state index contributed by atoms with van der Waals surface area (Å²) in [5.41, 5.74) is 2.51. The van der Waals surface area contributed by atoms with Crippen molar-refractivity contribution in [3.63, 3.8) is 0 Å². The molecule has 1 aliphatic rings. The largest absolute Gasteiger partial charge is 0.481 e. The van der Waals surface area contributed by atoms with E-state index in [9.17, 15) is 22.8 Å². The summed E-state index contributed by atoms with van der Waals surface area (Å²) >= 11 is 0. The lowest BCUT2D eigenvalue weighted by molar-refractivity contribution is -0.137. The second-order valence-corrected chi connectivity index (χ2v) is 14.0. The second-order valence-electron chi connectivity index (χ2n) is 14.0. The average Bonchev–Trinajstić information content (AvgIpc) is 3.53. The van der Waals surface area contributed by atoms with Gasteiger partial charge in [-0.2, -0.15) is 13.2 Å². The fourth-order valence-electron chi connectivity index (χ4n) is 7.04. The Balaban J connectivity index is 1.02. The number of carbonyl (C=O) groups excluding carboxylic acids is 1. The third kappa shape index (κ3) is 9.51. The number of alkyl halides is 3. The number of nitrogens with zero attached hydrogens (tertiary/aromatic N) is 8. The van der Waals surface area contributed by atoms with Crippen LogP contribution in [0.4, 0.5) is 24.8 Å². The fourth-order valence-corrected chi connectivity index (χ4v) is 7.04. The van der Waals surface area contributed by atoms with Gasteiger partial charge in [0.1, 0.15) is 0 Å². The molecule has 0 unspecified atom stereocenters. The Morgan fingerprint density at radius 2 is 1.50 bits per heavy atom. The van der Waals surface area contributed by atoms with Crippen LogP contribution in [0.2, 0.25) is 0 Å². The zero-order valence-electron chi connectivity index (χ0n) is 33.6. The predicted molar refractivity (Wildman–Crippen MR) is 220 cm³/mol. The quantitative estimate of drug-likeness (QED) is 0.121. The maximum Gasteiger partial charge on any atom is 0.418 e. The zero-order valence-corrected chi connectivity index (χ0v) is 33.6. The highest BCUT2D eigenvalue weighted by Crippen LogP contribution is 2.39. The zero-order chi connectivity index (χ0) is 42.2. The second kappa shape index (κ2) is 18.9. The maximum absolute atomic E-state index is 14.9.